The first kappa shape index (κ1) is 16.6. The van der Waals surface area contributed by atoms with Crippen LogP contribution in [0.4, 0.5) is 0 Å². The molecule has 16 heavy (non-hydrogen) atoms. The Hall–Kier alpha value is 0.640. The zero-order chi connectivity index (χ0) is 10.3. The van der Waals surface area contributed by atoms with E-state index >= 15 is 0 Å². The van der Waals surface area contributed by atoms with Crippen molar-refractivity contribution in [3.05, 3.63) is 41.5 Å². The molecule has 0 bridgehead atoms. The van der Waals surface area contributed by atoms with Gasteiger partial charge in [0.15, 0.2) is 0 Å². The van der Waals surface area contributed by atoms with Gasteiger partial charge in [-0.2, -0.15) is 0 Å². The van der Waals surface area contributed by atoms with Crippen LogP contribution in [0.5, 0.6) is 0 Å². The van der Waals surface area contributed by atoms with Crippen LogP contribution in [0, 0.1) is 0 Å². The van der Waals surface area contributed by atoms with Gasteiger partial charge in [0.25, 0.3) is 0 Å². The molecule has 0 nitrogen and oxygen atoms in total. The van der Waals surface area contributed by atoms with Crippen LogP contribution in [-0.4, -0.2) is 8.07 Å². The molecule has 0 aromatic heterocycles. The Morgan fingerprint density at radius 2 is 1.62 bits per heavy atom. The van der Waals surface area contributed by atoms with Gasteiger partial charge >= 0.3 is 103 Å². The van der Waals surface area contributed by atoms with Gasteiger partial charge in [0.2, 0.25) is 0 Å². The Morgan fingerprint density at radius 3 is 2.19 bits per heavy atom. The topological polar surface area (TPSA) is 0 Å². The second kappa shape index (κ2) is 6.00. The van der Waals surface area contributed by atoms with Crippen LogP contribution in [0.25, 0.3) is 5.20 Å². The van der Waals surface area contributed by atoms with Gasteiger partial charge in [0, 0.05) is 0 Å². The third-order valence-corrected chi connectivity index (χ3v) is 5.95. The number of halogens is 2. The molecule has 85 valence electrons. The molecule has 0 saturated heterocycles. The number of fused-ring (bicyclic) bond motifs is 1. The SMILES string of the molecule is C[Si](C)(C)C1=C[CH]([Zr+2])c2ccccc21.[Cl-].[Cl-]. The summed E-state index contributed by atoms with van der Waals surface area (Å²) in [6, 6.07) is 8.92. The number of hydrogen-bond acceptors (Lipinski definition) is 0. The molecule has 0 amide bonds. The van der Waals surface area contributed by atoms with E-state index in [1.807, 2.05) is 0 Å². The molecule has 0 radical (unpaired) electrons. The predicted molar refractivity (Wildman–Crippen MR) is 60.5 cm³/mol. The first-order chi connectivity index (χ1) is 6.50. The van der Waals surface area contributed by atoms with Crippen molar-refractivity contribution in [1.29, 1.82) is 0 Å². The van der Waals surface area contributed by atoms with Gasteiger partial charge in [0.05, 0.1) is 0 Å². The van der Waals surface area contributed by atoms with E-state index in [0.29, 0.717) is 3.63 Å². The van der Waals surface area contributed by atoms with Crippen molar-refractivity contribution in [2.45, 2.75) is 23.3 Å². The van der Waals surface area contributed by atoms with Crippen LogP contribution in [0.2, 0.25) is 19.6 Å². The second-order valence-electron chi connectivity index (χ2n) is 4.90. The zero-order valence-electron chi connectivity index (χ0n) is 9.72. The van der Waals surface area contributed by atoms with Crippen LogP contribution >= 0.6 is 0 Å². The van der Waals surface area contributed by atoms with E-state index in [1.165, 1.54) is 5.56 Å². The third kappa shape index (κ3) is 3.10. The summed E-state index contributed by atoms with van der Waals surface area (Å²) in [5.41, 5.74) is 3.09. The van der Waals surface area contributed by atoms with E-state index in [0.717, 1.165) is 0 Å². The van der Waals surface area contributed by atoms with Gasteiger partial charge < -0.3 is 24.8 Å². The van der Waals surface area contributed by atoms with Crippen molar-refractivity contribution >= 4 is 13.3 Å². The maximum Gasteiger partial charge on any atom is -1.00 e. The standard InChI is InChI=1S/C12H15Si.2ClH.Zr/c1-13(2,3)12-9-8-10-6-4-5-7-11(10)12;;;/h4-9H,1-3H3;2*1H;/q;;;+2/p-2. The fourth-order valence-electron chi connectivity index (χ4n) is 2.01. The molecule has 1 aromatic carbocycles. The maximum atomic E-state index is 2.51. The van der Waals surface area contributed by atoms with Gasteiger partial charge in [0.1, 0.15) is 0 Å². The largest absolute Gasteiger partial charge is 1.00 e. The molecule has 4 heteroatoms. The van der Waals surface area contributed by atoms with Crippen molar-refractivity contribution in [1.82, 2.24) is 0 Å². The number of benzene rings is 1. The smallest absolute Gasteiger partial charge is 1.00 e. The molecule has 1 unspecified atom stereocenters. The normalized spacial score (nSPS) is 18.1. The average Bonchev–Trinajstić information content (AvgIpc) is 2.44. The molecule has 1 atom stereocenters. The van der Waals surface area contributed by atoms with Crippen molar-refractivity contribution in [2.75, 3.05) is 0 Å². The number of hydrogen-bond donors (Lipinski definition) is 0. The summed E-state index contributed by atoms with van der Waals surface area (Å²) < 4.78 is 0.708. The van der Waals surface area contributed by atoms with E-state index in [1.54, 1.807) is 35.5 Å². The Balaban J connectivity index is 0.00000112. The maximum absolute atomic E-state index is 2.51. The van der Waals surface area contributed by atoms with Crippen molar-refractivity contribution in [3.63, 3.8) is 0 Å². The minimum absolute atomic E-state index is 0. The first-order valence-corrected chi connectivity index (χ1v) is 9.95. The summed E-state index contributed by atoms with van der Waals surface area (Å²) in [5, 5.41) is 1.66. The molecular formula is C12H15Cl2SiZr. The average molecular weight is 349 g/mol. The monoisotopic (exact) mass is 347 g/mol. The molecule has 0 aliphatic heterocycles. The van der Waals surface area contributed by atoms with Crippen molar-refractivity contribution in [2.24, 2.45) is 0 Å². The molecule has 0 N–H and O–H groups in total. The summed E-state index contributed by atoms with van der Waals surface area (Å²) in [5.74, 6) is 0. The Morgan fingerprint density at radius 1 is 1.06 bits per heavy atom. The number of rotatable bonds is 1. The molecule has 0 spiro atoms. The van der Waals surface area contributed by atoms with Crippen LogP contribution in [0.1, 0.15) is 14.8 Å². The minimum Gasteiger partial charge on any atom is -1.00 e. The van der Waals surface area contributed by atoms with Crippen LogP contribution < -0.4 is 24.8 Å². The first-order valence-electron chi connectivity index (χ1n) is 5.03. The third-order valence-electron chi connectivity index (χ3n) is 2.73. The molecule has 0 fully saturated rings. The van der Waals surface area contributed by atoms with Gasteiger partial charge in [-0.05, 0) is 0 Å². The van der Waals surface area contributed by atoms with Crippen molar-refractivity contribution in [3.8, 4) is 0 Å². The fourth-order valence-corrected chi connectivity index (χ4v) is 5.15. The minimum atomic E-state index is -1.14. The Kier molecular flexibility index (Phi) is 6.24. The van der Waals surface area contributed by atoms with E-state index in [4.69, 9.17) is 0 Å². The van der Waals surface area contributed by atoms with Gasteiger partial charge in [-0.15, -0.1) is 0 Å². The molecule has 2 rings (SSSR count). The van der Waals surface area contributed by atoms with Crippen LogP contribution in [-0.2, 0) is 24.7 Å². The molecular weight excluding hydrogens is 334 g/mol. The molecule has 1 aliphatic carbocycles. The predicted octanol–water partition coefficient (Wildman–Crippen LogP) is -2.44. The van der Waals surface area contributed by atoms with Crippen molar-refractivity contribution < 1.29 is 49.5 Å². The summed E-state index contributed by atoms with van der Waals surface area (Å²) >= 11 is 1.62. The summed E-state index contributed by atoms with van der Waals surface area (Å²) in [4.78, 5) is 0. The number of allylic oxidation sites excluding steroid dienone is 1. The summed E-state index contributed by atoms with van der Waals surface area (Å²) in [6.45, 7) is 7.30. The molecule has 0 saturated carbocycles. The summed E-state index contributed by atoms with van der Waals surface area (Å²) in [7, 11) is -1.14. The van der Waals surface area contributed by atoms with Gasteiger partial charge in [-0.25, -0.2) is 0 Å². The van der Waals surface area contributed by atoms with E-state index < -0.39 is 8.07 Å². The zero-order valence-corrected chi connectivity index (χ0v) is 14.7. The molecule has 1 aromatic rings. The fraction of sp³-hybridized carbons (Fsp3) is 0.333. The Labute approximate surface area is 127 Å². The van der Waals surface area contributed by atoms with E-state index in [2.05, 4.69) is 50.0 Å². The quantitative estimate of drug-likeness (QED) is 0.494. The van der Waals surface area contributed by atoms with Crippen LogP contribution in [0.15, 0.2) is 30.3 Å². The molecule has 0 heterocycles. The summed E-state index contributed by atoms with van der Waals surface area (Å²) in [6.07, 6.45) is 2.51. The van der Waals surface area contributed by atoms with E-state index in [-0.39, 0.29) is 24.8 Å². The Bertz CT molecular complexity index is 396. The van der Waals surface area contributed by atoms with Gasteiger partial charge in [-0.1, -0.05) is 0 Å². The van der Waals surface area contributed by atoms with Gasteiger partial charge in [-0.3, -0.25) is 0 Å². The molecule has 1 aliphatic rings. The second-order valence-corrected chi connectivity index (χ2v) is 11.5. The van der Waals surface area contributed by atoms with Crippen LogP contribution in [0.3, 0.4) is 0 Å². The van der Waals surface area contributed by atoms with E-state index in [9.17, 15) is 0 Å².